The van der Waals surface area contributed by atoms with E-state index in [-0.39, 0.29) is 22.0 Å². The largest absolute Gasteiger partial charge is 0.457 e. The Morgan fingerprint density at radius 1 is 0.867 bits per heavy atom. The van der Waals surface area contributed by atoms with Gasteiger partial charge in [-0.2, -0.15) is 4.31 Å². The van der Waals surface area contributed by atoms with Gasteiger partial charge in [-0.3, -0.25) is 0 Å². The summed E-state index contributed by atoms with van der Waals surface area (Å²) in [5, 5.41) is 0. The van der Waals surface area contributed by atoms with Gasteiger partial charge >= 0.3 is 5.97 Å². The third-order valence-corrected chi connectivity index (χ3v) is 8.36. The summed E-state index contributed by atoms with van der Waals surface area (Å²) in [6.45, 7) is 4.10. The normalized spacial score (nSPS) is 12.3. The third kappa shape index (κ3) is 5.25. The second kappa shape index (κ2) is 9.69. The fraction of sp³-hybridized carbons (Fsp3) is 0.350. The molecule has 2 rings (SSSR count). The first-order chi connectivity index (χ1) is 14.0. The van der Waals surface area contributed by atoms with Gasteiger partial charge in [0.25, 0.3) is 0 Å². The van der Waals surface area contributed by atoms with Crippen LogP contribution in [0.5, 0.6) is 0 Å². The molecule has 0 fully saturated rings. The van der Waals surface area contributed by atoms with Crippen molar-refractivity contribution in [3.05, 3.63) is 59.7 Å². The van der Waals surface area contributed by atoms with Crippen molar-refractivity contribution < 1.29 is 26.4 Å². The van der Waals surface area contributed by atoms with Crippen molar-refractivity contribution in [1.82, 2.24) is 8.61 Å². The highest BCUT2D eigenvalue weighted by molar-refractivity contribution is 7.89. The summed E-state index contributed by atoms with van der Waals surface area (Å²) in [7, 11) is -4.32. The van der Waals surface area contributed by atoms with E-state index in [2.05, 4.69) is 0 Å². The monoisotopic (exact) mass is 454 g/mol. The molecule has 0 aliphatic rings. The maximum Gasteiger partial charge on any atom is 0.338 e. The molecule has 0 amide bonds. The summed E-state index contributed by atoms with van der Waals surface area (Å²) in [4.78, 5) is 12.5. The van der Waals surface area contributed by atoms with E-state index in [1.165, 1.54) is 54.8 Å². The van der Waals surface area contributed by atoms with Crippen LogP contribution in [-0.4, -0.2) is 58.6 Å². The van der Waals surface area contributed by atoms with E-state index in [1.807, 2.05) is 0 Å². The van der Waals surface area contributed by atoms with E-state index in [0.717, 1.165) is 4.31 Å². The van der Waals surface area contributed by atoms with Gasteiger partial charge < -0.3 is 4.74 Å². The Hall–Kier alpha value is -2.27. The number of ether oxygens (including phenoxy) is 1. The smallest absolute Gasteiger partial charge is 0.338 e. The fourth-order valence-electron chi connectivity index (χ4n) is 2.71. The summed E-state index contributed by atoms with van der Waals surface area (Å²) >= 11 is 0. The van der Waals surface area contributed by atoms with Crippen LogP contribution in [0.25, 0.3) is 0 Å². The lowest BCUT2D eigenvalue weighted by Crippen LogP contribution is -2.30. The highest BCUT2D eigenvalue weighted by Crippen LogP contribution is 2.18. The Balaban J connectivity index is 2.11. The Morgan fingerprint density at radius 2 is 1.47 bits per heavy atom. The molecular weight excluding hydrogens is 428 g/mol. The Kier molecular flexibility index (Phi) is 7.75. The first kappa shape index (κ1) is 24.0. The molecule has 2 aromatic rings. The van der Waals surface area contributed by atoms with Crippen LogP contribution in [0.4, 0.5) is 0 Å². The van der Waals surface area contributed by atoms with E-state index in [1.54, 1.807) is 26.0 Å². The number of sulfonamides is 2. The maximum absolute atomic E-state index is 12.5. The second-order valence-corrected chi connectivity index (χ2v) is 10.7. The highest BCUT2D eigenvalue weighted by atomic mass is 32.2. The van der Waals surface area contributed by atoms with Gasteiger partial charge in [0.05, 0.1) is 15.4 Å². The Morgan fingerprint density at radius 3 is 2.00 bits per heavy atom. The SMILES string of the molecule is CCN(CC)S(=O)(=O)c1ccc(C(=O)OCc2cccc(S(=O)(=O)N(C)C)c2)cc1. The van der Waals surface area contributed by atoms with E-state index in [9.17, 15) is 21.6 Å². The van der Waals surface area contributed by atoms with Gasteiger partial charge in [0.15, 0.2) is 0 Å². The minimum atomic E-state index is -3.60. The van der Waals surface area contributed by atoms with Crippen molar-refractivity contribution in [3.63, 3.8) is 0 Å². The van der Waals surface area contributed by atoms with E-state index in [4.69, 9.17) is 4.74 Å². The van der Waals surface area contributed by atoms with Crippen LogP contribution in [0.1, 0.15) is 29.8 Å². The van der Waals surface area contributed by atoms with Crippen LogP contribution in [-0.2, 0) is 31.4 Å². The van der Waals surface area contributed by atoms with Crippen molar-refractivity contribution >= 4 is 26.0 Å². The predicted molar refractivity (Wildman–Crippen MR) is 113 cm³/mol. The first-order valence-electron chi connectivity index (χ1n) is 9.32. The number of nitrogens with zero attached hydrogens (tertiary/aromatic N) is 2. The number of hydrogen-bond donors (Lipinski definition) is 0. The number of hydrogen-bond acceptors (Lipinski definition) is 6. The minimum Gasteiger partial charge on any atom is -0.457 e. The average molecular weight is 455 g/mol. The van der Waals surface area contributed by atoms with Crippen molar-refractivity contribution in [1.29, 1.82) is 0 Å². The first-order valence-corrected chi connectivity index (χ1v) is 12.2. The molecule has 0 aliphatic carbocycles. The van der Waals surface area contributed by atoms with Crippen molar-refractivity contribution in [3.8, 4) is 0 Å². The van der Waals surface area contributed by atoms with Crippen LogP contribution in [0.15, 0.2) is 58.3 Å². The standard InChI is InChI=1S/C20H26N2O6S2/c1-5-22(6-2)30(26,27)18-12-10-17(11-13-18)20(23)28-15-16-8-7-9-19(14-16)29(24,25)21(3)4/h7-14H,5-6,15H2,1-4H3. The van der Waals surface area contributed by atoms with Gasteiger partial charge in [-0.05, 0) is 42.0 Å². The molecule has 0 aromatic heterocycles. The Labute approximate surface area is 178 Å². The molecule has 0 spiro atoms. The number of esters is 1. The van der Waals surface area contributed by atoms with Crippen LogP contribution in [0, 0.1) is 0 Å². The predicted octanol–water partition coefficient (Wildman–Crippen LogP) is 2.32. The number of carbonyl (C=O) groups excluding carboxylic acids is 1. The summed E-state index contributed by atoms with van der Waals surface area (Å²) in [5.74, 6) is -0.636. The summed E-state index contributed by atoms with van der Waals surface area (Å²) in [6.07, 6.45) is 0. The Bertz CT molecular complexity index is 1090. The number of carbonyl (C=O) groups is 1. The lowest BCUT2D eigenvalue weighted by molar-refractivity contribution is 0.0472. The molecule has 0 saturated heterocycles. The maximum atomic E-state index is 12.5. The molecule has 8 nitrogen and oxygen atoms in total. The molecule has 30 heavy (non-hydrogen) atoms. The molecule has 164 valence electrons. The molecule has 0 radical (unpaired) electrons. The zero-order chi connectivity index (χ0) is 22.5. The van der Waals surface area contributed by atoms with Crippen LogP contribution in [0.3, 0.4) is 0 Å². The molecule has 2 aromatic carbocycles. The van der Waals surface area contributed by atoms with Crippen LogP contribution < -0.4 is 0 Å². The lowest BCUT2D eigenvalue weighted by Gasteiger charge is -2.18. The third-order valence-electron chi connectivity index (χ3n) is 4.48. The summed E-state index contributed by atoms with van der Waals surface area (Å²) in [6, 6.07) is 11.7. The molecule has 0 unspecified atom stereocenters. The van der Waals surface area contributed by atoms with Gasteiger partial charge in [0.2, 0.25) is 20.0 Å². The molecule has 0 saturated carbocycles. The second-order valence-electron chi connectivity index (χ2n) is 6.62. The molecule has 0 aliphatic heterocycles. The van der Waals surface area contributed by atoms with Gasteiger partial charge in [-0.25, -0.2) is 25.9 Å². The molecule has 0 heterocycles. The molecule has 0 atom stereocenters. The molecule has 0 bridgehead atoms. The molecule has 0 N–H and O–H groups in total. The topological polar surface area (TPSA) is 101 Å². The van der Waals surface area contributed by atoms with Gasteiger partial charge in [0.1, 0.15) is 6.61 Å². The molecular formula is C20H26N2O6S2. The summed E-state index contributed by atoms with van der Waals surface area (Å²) in [5.41, 5.74) is 0.720. The minimum absolute atomic E-state index is 0.101. The van der Waals surface area contributed by atoms with Crippen LogP contribution >= 0.6 is 0 Å². The van der Waals surface area contributed by atoms with Gasteiger partial charge in [-0.1, -0.05) is 26.0 Å². The van der Waals surface area contributed by atoms with E-state index in [0.29, 0.717) is 18.7 Å². The van der Waals surface area contributed by atoms with Gasteiger partial charge in [-0.15, -0.1) is 0 Å². The van der Waals surface area contributed by atoms with Crippen molar-refractivity contribution in [2.75, 3.05) is 27.2 Å². The van der Waals surface area contributed by atoms with E-state index >= 15 is 0 Å². The zero-order valence-electron chi connectivity index (χ0n) is 17.4. The fourth-order valence-corrected chi connectivity index (χ4v) is 5.14. The van der Waals surface area contributed by atoms with Crippen molar-refractivity contribution in [2.24, 2.45) is 0 Å². The zero-order valence-corrected chi connectivity index (χ0v) is 19.0. The van der Waals surface area contributed by atoms with Crippen LogP contribution in [0.2, 0.25) is 0 Å². The quantitative estimate of drug-likeness (QED) is 0.539. The molecule has 10 heteroatoms. The number of benzene rings is 2. The van der Waals surface area contributed by atoms with Crippen molar-refractivity contribution in [2.45, 2.75) is 30.2 Å². The average Bonchev–Trinajstić information content (AvgIpc) is 2.73. The highest BCUT2D eigenvalue weighted by Gasteiger charge is 2.22. The number of rotatable bonds is 9. The lowest BCUT2D eigenvalue weighted by atomic mass is 10.2. The van der Waals surface area contributed by atoms with E-state index < -0.39 is 26.0 Å². The summed E-state index contributed by atoms with van der Waals surface area (Å²) < 4.78 is 57.1. The van der Waals surface area contributed by atoms with Gasteiger partial charge in [0, 0.05) is 27.2 Å².